The third-order valence-corrected chi connectivity index (χ3v) is 4.40. The Kier molecular flexibility index (Phi) is 4.19. The standard InChI is InChI=1S/C12H18N2O3S/c1-8-10(11(15)17-3)18-12(13-8)14-6-4-9(16-2)5-7-14/h9H,4-7H2,1-3H3. The summed E-state index contributed by atoms with van der Waals surface area (Å²) in [6.45, 7) is 3.69. The molecule has 1 aromatic rings. The maximum Gasteiger partial charge on any atom is 0.350 e. The van der Waals surface area contributed by atoms with Gasteiger partial charge in [0.25, 0.3) is 0 Å². The minimum Gasteiger partial charge on any atom is -0.465 e. The summed E-state index contributed by atoms with van der Waals surface area (Å²) >= 11 is 1.41. The summed E-state index contributed by atoms with van der Waals surface area (Å²) < 4.78 is 10.1. The van der Waals surface area contributed by atoms with Crippen LogP contribution >= 0.6 is 11.3 Å². The SMILES string of the molecule is COC(=O)c1sc(N2CCC(OC)CC2)nc1C. The highest BCUT2D eigenvalue weighted by atomic mass is 32.1. The number of nitrogens with zero attached hydrogens (tertiary/aromatic N) is 2. The maximum atomic E-state index is 11.5. The fourth-order valence-corrected chi connectivity index (χ4v) is 3.12. The van der Waals surface area contributed by atoms with Gasteiger partial charge in [-0.1, -0.05) is 11.3 Å². The molecule has 0 aromatic carbocycles. The third-order valence-electron chi connectivity index (χ3n) is 3.20. The zero-order valence-electron chi connectivity index (χ0n) is 10.9. The smallest absolute Gasteiger partial charge is 0.350 e. The molecule has 6 heteroatoms. The number of rotatable bonds is 3. The van der Waals surface area contributed by atoms with Crippen LogP contribution in [0.5, 0.6) is 0 Å². The van der Waals surface area contributed by atoms with Crippen LogP contribution in [0.3, 0.4) is 0 Å². The second-order valence-corrected chi connectivity index (χ2v) is 5.30. The van der Waals surface area contributed by atoms with Crippen molar-refractivity contribution in [2.75, 3.05) is 32.2 Å². The van der Waals surface area contributed by atoms with E-state index in [9.17, 15) is 4.79 Å². The maximum absolute atomic E-state index is 11.5. The van der Waals surface area contributed by atoms with Gasteiger partial charge in [-0.15, -0.1) is 0 Å². The van der Waals surface area contributed by atoms with Gasteiger partial charge < -0.3 is 14.4 Å². The average molecular weight is 270 g/mol. The topological polar surface area (TPSA) is 51.7 Å². The summed E-state index contributed by atoms with van der Waals surface area (Å²) in [5.74, 6) is -0.303. The van der Waals surface area contributed by atoms with Crippen LogP contribution in [0, 0.1) is 6.92 Å². The minimum atomic E-state index is -0.303. The molecule has 18 heavy (non-hydrogen) atoms. The van der Waals surface area contributed by atoms with E-state index >= 15 is 0 Å². The first kappa shape index (κ1) is 13.3. The molecule has 0 unspecified atom stereocenters. The highest BCUT2D eigenvalue weighted by molar-refractivity contribution is 7.17. The van der Waals surface area contributed by atoms with Gasteiger partial charge in [0, 0.05) is 20.2 Å². The molecule has 1 aromatic heterocycles. The molecule has 0 N–H and O–H groups in total. The first-order valence-corrected chi connectivity index (χ1v) is 6.80. The number of esters is 1. The zero-order valence-corrected chi connectivity index (χ0v) is 11.7. The van der Waals surface area contributed by atoms with E-state index in [0.717, 1.165) is 36.8 Å². The number of methoxy groups -OCH3 is 2. The molecule has 0 spiro atoms. The van der Waals surface area contributed by atoms with Gasteiger partial charge in [0.05, 0.1) is 18.9 Å². The lowest BCUT2D eigenvalue weighted by Crippen LogP contribution is -2.36. The van der Waals surface area contributed by atoms with Crippen molar-refractivity contribution in [2.24, 2.45) is 0 Å². The van der Waals surface area contributed by atoms with E-state index in [2.05, 4.69) is 9.88 Å². The van der Waals surface area contributed by atoms with E-state index < -0.39 is 0 Å². The number of carbonyl (C=O) groups excluding carboxylic acids is 1. The Morgan fingerprint density at radius 1 is 1.39 bits per heavy atom. The molecule has 0 saturated carbocycles. The van der Waals surface area contributed by atoms with Crippen LogP contribution in [-0.2, 0) is 9.47 Å². The van der Waals surface area contributed by atoms with Gasteiger partial charge in [0.15, 0.2) is 5.13 Å². The number of aromatic nitrogens is 1. The zero-order chi connectivity index (χ0) is 13.1. The molecule has 100 valence electrons. The van der Waals surface area contributed by atoms with Gasteiger partial charge in [-0.3, -0.25) is 0 Å². The molecule has 0 radical (unpaired) electrons. The Morgan fingerprint density at radius 3 is 2.61 bits per heavy atom. The summed E-state index contributed by atoms with van der Waals surface area (Å²) in [6, 6.07) is 0. The average Bonchev–Trinajstić information content (AvgIpc) is 2.80. The number of hydrogen-bond donors (Lipinski definition) is 0. The monoisotopic (exact) mass is 270 g/mol. The fraction of sp³-hybridized carbons (Fsp3) is 0.667. The minimum absolute atomic E-state index is 0.303. The van der Waals surface area contributed by atoms with Crippen LogP contribution in [0.1, 0.15) is 28.2 Å². The summed E-state index contributed by atoms with van der Waals surface area (Å²) in [5, 5.41) is 0.905. The van der Waals surface area contributed by atoms with Crippen molar-refractivity contribution in [1.29, 1.82) is 0 Å². The van der Waals surface area contributed by atoms with Crippen LogP contribution in [0.2, 0.25) is 0 Å². The van der Waals surface area contributed by atoms with Crippen LogP contribution in [0.15, 0.2) is 0 Å². The first-order valence-electron chi connectivity index (χ1n) is 5.99. The molecule has 1 fully saturated rings. The van der Waals surface area contributed by atoms with Crippen molar-refractivity contribution in [2.45, 2.75) is 25.9 Å². The number of aryl methyl sites for hydroxylation is 1. The molecular weight excluding hydrogens is 252 g/mol. The number of piperidine rings is 1. The van der Waals surface area contributed by atoms with Crippen LogP contribution in [0.25, 0.3) is 0 Å². The molecule has 0 aliphatic carbocycles. The molecule has 1 aliphatic heterocycles. The summed E-state index contributed by atoms with van der Waals surface area (Å²) in [6.07, 6.45) is 2.35. The predicted octanol–water partition coefficient (Wildman–Crippen LogP) is 1.85. The molecule has 2 rings (SSSR count). The predicted molar refractivity (Wildman–Crippen MR) is 70.4 cm³/mol. The van der Waals surface area contributed by atoms with E-state index in [1.54, 1.807) is 7.11 Å². The molecular formula is C12H18N2O3S. The second kappa shape index (κ2) is 5.67. The van der Waals surface area contributed by atoms with Crippen molar-refractivity contribution in [3.63, 3.8) is 0 Å². The molecule has 0 bridgehead atoms. The summed E-state index contributed by atoms with van der Waals surface area (Å²) in [5.41, 5.74) is 0.746. The lowest BCUT2D eigenvalue weighted by Gasteiger charge is -2.30. The van der Waals surface area contributed by atoms with Crippen molar-refractivity contribution in [1.82, 2.24) is 4.98 Å². The second-order valence-electron chi connectivity index (χ2n) is 4.32. The molecule has 0 amide bonds. The third kappa shape index (κ3) is 2.64. The Hall–Kier alpha value is -1.14. The van der Waals surface area contributed by atoms with Crippen molar-refractivity contribution in [3.8, 4) is 0 Å². The fourth-order valence-electron chi connectivity index (χ4n) is 2.08. The van der Waals surface area contributed by atoms with Crippen molar-refractivity contribution in [3.05, 3.63) is 10.6 Å². The van der Waals surface area contributed by atoms with Gasteiger partial charge in [-0.25, -0.2) is 9.78 Å². The Morgan fingerprint density at radius 2 is 2.06 bits per heavy atom. The lowest BCUT2D eigenvalue weighted by molar-refractivity contribution is 0.0605. The lowest BCUT2D eigenvalue weighted by atomic mass is 10.1. The van der Waals surface area contributed by atoms with E-state index in [1.807, 2.05) is 6.92 Å². The Balaban J connectivity index is 2.08. The summed E-state index contributed by atoms with van der Waals surface area (Å²) in [7, 11) is 3.15. The van der Waals surface area contributed by atoms with E-state index in [1.165, 1.54) is 18.4 Å². The van der Waals surface area contributed by atoms with Gasteiger partial charge in [0.1, 0.15) is 4.88 Å². The largest absolute Gasteiger partial charge is 0.465 e. The number of ether oxygens (including phenoxy) is 2. The van der Waals surface area contributed by atoms with Crippen LogP contribution in [0.4, 0.5) is 5.13 Å². The van der Waals surface area contributed by atoms with Crippen LogP contribution in [-0.4, -0.2) is 44.4 Å². The van der Waals surface area contributed by atoms with Gasteiger partial charge >= 0.3 is 5.97 Å². The van der Waals surface area contributed by atoms with E-state index in [-0.39, 0.29) is 5.97 Å². The Bertz CT molecular complexity index is 425. The highest BCUT2D eigenvalue weighted by Crippen LogP contribution is 2.29. The number of anilines is 1. The highest BCUT2D eigenvalue weighted by Gasteiger charge is 2.23. The van der Waals surface area contributed by atoms with Crippen molar-refractivity contribution >= 4 is 22.4 Å². The van der Waals surface area contributed by atoms with Gasteiger partial charge in [-0.2, -0.15) is 0 Å². The number of thiazole rings is 1. The molecule has 1 saturated heterocycles. The number of carbonyl (C=O) groups is 1. The molecule has 5 nitrogen and oxygen atoms in total. The van der Waals surface area contributed by atoms with E-state index in [4.69, 9.17) is 9.47 Å². The molecule has 2 heterocycles. The first-order chi connectivity index (χ1) is 8.65. The normalized spacial score (nSPS) is 16.9. The molecule has 0 atom stereocenters. The molecule has 1 aliphatic rings. The van der Waals surface area contributed by atoms with E-state index in [0.29, 0.717) is 11.0 Å². The quantitative estimate of drug-likeness (QED) is 0.785. The van der Waals surface area contributed by atoms with Crippen LogP contribution < -0.4 is 4.90 Å². The number of hydrogen-bond acceptors (Lipinski definition) is 6. The van der Waals surface area contributed by atoms with Crippen molar-refractivity contribution < 1.29 is 14.3 Å². The summed E-state index contributed by atoms with van der Waals surface area (Å²) in [4.78, 5) is 18.8. The Labute approximate surface area is 111 Å². The van der Waals surface area contributed by atoms with Gasteiger partial charge in [-0.05, 0) is 19.8 Å². The van der Waals surface area contributed by atoms with Gasteiger partial charge in [0.2, 0.25) is 0 Å².